The molecule has 7 heteroatoms. The van der Waals surface area contributed by atoms with Crippen LogP contribution in [0.4, 0.5) is 5.95 Å². The number of carbonyl (C=O) groups is 1. The lowest BCUT2D eigenvalue weighted by atomic mass is 9.79. The normalized spacial score (nSPS) is 20.3. The SMILES string of the molecule is COCC1(CNC(=O)c2ccnc(N3CCCCC3)n2)CCNCC1. The average Bonchev–Trinajstić information content (AvgIpc) is 2.68. The molecule has 7 nitrogen and oxygen atoms in total. The van der Waals surface area contributed by atoms with Crippen LogP contribution in [0.5, 0.6) is 0 Å². The predicted octanol–water partition coefficient (Wildman–Crippen LogP) is 1.21. The van der Waals surface area contributed by atoms with Crippen molar-refractivity contribution in [3.8, 4) is 0 Å². The van der Waals surface area contributed by atoms with Gasteiger partial charge < -0.3 is 20.3 Å². The molecule has 1 amide bonds. The Morgan fingerprint density at radius 3 is 2.80 bits per heavy atom. The van der Waals surface area contributed by atoms with E-state index in [1.54, 1.807) is 19.4 Å². The number of piperidine rings is 2. The molecule has 25 heavy (non-hydrogen) atoms. The van der Waals surface area contributed by atoms with Gasteiger partial charge in [-0.3, -0.25) is 4.79 Å². The van der Waals surface area contributed by atoms with Crippen molar-refractivity contribution >= 4 is 11.9 Å². The van der Waals surface area contributed by atoms with Crippen LogP contribution < -0.4 is 15.5 Å². The monoisotopic (exact) mass is 347 g/mol. The fraction of sp³-hybridized carbons (Fsp3) is 0.722. The first-order chi connectivity index (χ1) is 12.2. The molecule has 0 unspecified atom stereocenters. The average molecular weight is 347 g/mol. The second-order valence-corrected chi connectivity index (χ2v) is 7.16. The number of nitrogens with zero attached hydrogens (tertiary/aromatic N) is 3. The molecule has 2 fully saturated rings. The van der Waals surface area contributed by atoms with Crippen molar-refractivity contribution in [2.24, 2.45) is 5.41 Å². The molecule has 3 rings (SSSR count). The van der Waals surface area contributed by atoms with Gasteiger partial charge in [0, 0.05) is 38.4 Å². The zero-order valence-corrected chi connectivity index (χ0v) is 15.1. The van der Waals surface area contributed by atoms with Crippen molar-refractivity contribution in [3.05, 3.63) is 18.0 Å². The molecule has 0 radical (unpaired) electrons. The van der Waals surface area contributed by atoms with Crippen LogP contribution in [0.25, 0.3) is 0 Å². The molecule has 138 valence electrons. The maximum atomic E-state index is 12.6. The first-order valence-electron chi connectivity index (χ1n) is 9.28. The highest BCUT2D eigenvalue weighted by molar-refractivity contribution is 5.92. The van der Waals surface area contributed by atoms with Crippen molar-refractivity contribution in [2.45, 2.75) is 32.1 Å². The minimum Gasteiger partial charge on any atom is -0.384 e. The molecule has 0 saturated carbocycles. The van der Waals surface area contributed by atoms with Gasteiger partial charge in [-0.1, -0.05) is 0 Å². The van der Waals surface area contributed by atoms with E-state index in [9.17, 15) is 4.79 Å². The van der Waals surface area contributed by atoms with Crippen molar-refractivity contribution in [3.63, 3.8) is 0 Å². The summed E-state index contributed by atoms with van der Waals surface area (Å²) in [6.07, 6.45) is 7.27. The highest BCUT2D eigenvalue weighted by atomic mass is 16.5. The fourth-order valence-corrected chi connectivity index (χ4v) is 3.71. The van der Waals surface area contributed by atoms with Crippen LogP contribution in [-0.4, -0.2) is 62.3 Å². The number of rotatable bonds is 6. The number of anilines is 1. The predicted molar refractivity (Wildman–Crippen MR) is 96.8 cm³/mol. The molecule has 2 saturated heterocycles. The number of aromatic nitrogens is 2. The molecule has 2 aliphatic heterocycles. The van der Waals surface area contributed by atoms with Crippen LogP contribution in [0.15, 0.2) is 12.3 Å². The molecule has 2 N–H and O–H groups in total. The molecule has 1 aromatic heterocycles. The van der Waals surface area contributed by atoms with Gasteiger partial charge in [-0.15, -0.1) is 0 Å². The Morgan fingerprint density at radius 1 is 1.32 bits per heavy atom. The second kappa shape index (κ2) is 8.58. The molecule has 0 aromatic carbocycles. The first kappa shape index (κ1) is 18.1. The summed E-state index contributed by atoms with van der Waals surface area (Å²) in [5.41, 5.74) is 0.454. The lowest BCUT2D eigenvalue weighted by Gasteiger charge is -2.37. The van der Waals surface area contributed by atoms with Gasteiger partial charge >= 0.3 is 0 Å². The molecule has 2 aliphatic rings. The molecular weight excluding hydrogens is 318 g/mol. The third-order valence-corrected chi connectivity index (χ3v) is 5.25. The van der Waals surface area contributed by atoms with E-state index in [1.807, 2.05) is 0 Å². The molecule has 1 aromatic rings. The second-order valence-electron chi connectivity index (χ2n) is 7.16. The van der Waals surface area contributed by atoms with Gasteiger partial charge in [-0.25, -0.2) is 9.97 Å². The standard InChI is InChI=1S/C18H29N5O2/c1-25-14-18(6-9-19-10-7-18)13-21-16(24)15-5-8-20-17(22-15)23-11-3-2-4-12-23/h5,8,19H,2-4,6-7,9-14H2,1H3,(H,21,24). The number of amides is 1. The largest absolute Gasteiger partial charge is 0.384 e. The summed E-state index contributed by atoms with van der Waals surface area (Å²) >= 11 is 0. The smallest absolute Gasteiger partial charge is 0.270 e. The Hall–Kier alpha value is -1.73. The third-order valence-electron chi connectivity index (χ3n) is 5.25. The van der Waals surface area contributed by atoms with E-state index in [2.05, 4.69) is 25.5 Å². The summed E-state index contributed by atoms with van der Waals surface area (Å²) in [4.78, 5) is 23.6. The van der Waals surface area contributed by atoms with E-state index in [-0.39, 0.29) is 11.3 Å². The molecular formula is C18H29N5O2. The Bertz CT molecular complexity index is 563. The van der Waals surface area contributed by atoms with E-state index in [1.165, 1.54) is 6.42 Å². The van der Waals surface area contributed by atoms with Crippen LogP contribution in [0, 0.1) is 5.41 Å². The Labute approximate surface area is 149 Å². The molecule has 3 heterocycles. The Kier molecular flexibility index (Phi) is 6.20. The maximum absolute atomic E-state index is 12.6. The van der Waals surface area contributed by atoms with Gasteiger partial charge in [0.05, 0.1) is 6.61 Å². The van der Waals surface area contributed by atoms with E-state index >= 15 is 0 Å². The summed E-state index contributed by atoms with van der Waals surface area (Å²) < 4.78 is 5.41. The zero-order chi connectivity index (χ0) is 17.5. The molecule has 0 aliphatic carbocycles. The van der Waals surface area contributed by atoms with Crippen LogP contribution in [-0.2, 0) is 4.74 Å². The molecule has 0 spiro atoms. The summed E-state index contributed by atoms with van der Waals surface area (Å²) in [6, 6.07) is 1.69. The Balaban J connectivity index is 1.62. The maximum Gasteiger partial charge on any atom is 0.270 e. The number of methoxy groups -OCH3 is 1. The van der Waals surface area contributed by atoms with E-state index < -0.39 is 0 Å². The van der Waals surface area contributed by atoms with Crippen molar-refractivity contribution in [1.82, 2.24) is 20.6 Å². The summed E-state index contributed by atoms with van der Waals surface area (Å²) in [7, 11) is 1.72. The first-order valence-corrected chi connectivity index (χ1v) is 9.28. The number of hydrogen-bond acceptors (Lipinski definition) is 6. The molecule has 0 bridgehead atoms. The van der Waals surface area contributed by atoms with E-state index in [0.29, 0.717) is 24.8 Å². The third kappa shape index (κ3) is 4.67. The summed E-state index contributed by atoms with van der Waals surface area (Å²) in [5, 5.41) is 6.44. The van der Waals surface area contributed by atoms with Crippen LogP contribution in [0.2, 0.25) is 0 Å². The highest BCUT2D eigenvalue weighted by Crippen LogP contribution is 2.28. The van der Waals surface area contributed by atoms with Gasteiger partial charge in [0.25, 0.3) is 5.91 Å². The Morgan fingerprint density at radius 2 is 2.08 bits per heavy atom. The number of nitrogens with one attached hydrogen (secondary N) is 2. The lowest BCUT2D eigenvalue weighted by Crippen LogP contribution is -2.47. The number of carbonyl (C=O) groups excluding carboxylic acids is 1. The fourth-order valence-electron chi connectivity index (χ4n) is 3.71. The lowest BCUT2D eigenvalue weighted by molar-refractivity contribution is 0.0510. The summed E-state index contributed by atoms with van der Waals surface area (Å²) in [6.45, 7) is 5.14. The number of hydrogen-bond donors (Lipinski definition) is 2. The summed E-state index contributed by atoms with van der Waals surface area (Å²) in [5.74, 6) is 0.537. The van der Waals surface area contributed by atoms with Gasteiger partial charge in [0.2, 0.25) is 5.95 Å². The van der Waals surface area contributed by atoms with Crippen LogP contribution in [0.3, 0.4) is 0 Å². The van der Waals surface area contributed by atoms with Gasteiger partial charge in [-0.2, -0.15) is 0 Å². The van der Waals surface area contributed by atoms with Crippen molar-refractivity contribution in [1.29, 1.82) is 0 Å². The molecule has 0 atom stereocenters. The minimum atomic E-state index is -0.130. The number of ether oxygens (including phenoxy) is 1. The topological polar surface area (TPSA) is 79.4 Å². The van der Waals surface area contributed by atoms with Gasteiger partial charge in [-0.05, 0) is 51.3 Å². The minimum absolute atomic E-state index is 0.0123. The highest BCUT2D eigenvalue weighted by Gasteiger charge is 2.32. The van der Waals surface area contributed by atoms with Gasteiger partial charge in [0.1, 0.15) is 5.69 Å². The van der Waals surface area contributed by atoms with Crippen LogP contribution >= 0.6 is 0 Å². The van der Waals surface area contributed by atoms with Crippen molar-refractivity contribution < 1.29 is 9.53 Å². The quantitative estimate of drug-likeness (QED) is 0.805. The van der Waals surface area contributed by atoms with Crippen molar-refractivity contribution in [2.75, 3.05) is 51.3 Å². The van der Waals surface area contributed by atoms with Gasteiger partial charge in [0.15, 0.2) is 0 Å². The van der Waals surface area contributed by atoms with Crippen LogP contribution in [0.1, 0.15) is 42.6 Å². The van der Waals surface area contributed by atoms with E-state index in [0.717, 1.165) is 51.9 Å². The van der Waals surface area contributed by atoms with E-state index in [4.69, 9.17) is 4.74 Å². The zero-order valence-electron chi connectivity index (χ0n) is 15.1.